The molecule has 0 radical (unpaired) electrons. The molecule has 0 bridgehead atoms. The SMILES string of the molecule is O=C1Nc2ccccc2SC1CC(=O)N1CC(=O)N(C2CC2)C1. The Labute approximate surface area is 138 Å². The summed E-state index contributed by atoms with van der Waals surface area (Å²) in [4.78, 5) is 40.9. The topological polar surface area (TPSA) is 69.7 Å². The van der Waals surface area contributed by atoms with Gasteiger partial charge in [-0.05, 0) is 25.0 Å². The van der Waals surface area contributed by atoms with Gasteiger partial charge in [-0.25, -0.2) is 0 Å². The molecule has 1 atom stereocenters. The van der Waals surface area contributed by atoms with Crippen LogP contribution in [-0.2, 0) is 14.4 Å². The van der Waals surface area contributed by atoms with E-state index in [1.807, 2.05) is 24.3 Å². The van der Waals surface area contributed by atoms with Crippen molar-refractivity contribution in [1.29, 1.82) is 0 Å². The molecule has 23 heavy (non-hydrogen) atoms. The second-order valence-corrected chi connectivity index (χ2v) is 7.37. The molecule has 6 nitrogen and oxygen atoms in total. The predicted molar refractivity (Wildman–Crippen MR) is 85.8 cm³/mol. The van der Waals surface area contributed by atoms with Gasteiger partial charge in [-0.15, -0.1) is 11.8 Å². The van der Waals surface area contributed by atoms with Crippen LogP contribution in [-0.4, -0.2) is 52.0 Å². The Morgan fingerprint density at radius 2 is 2.04 bits per heavy atom. The fourth-order valence-corrected chi connectivity index (χ4v) is 4.06. The van der Waals surface area contributed by atoms with E-state index in [2.05, 4.69) is 5.32 Å². The number of nitrogens with one attached hydrogen (secondary N) is 1. The first-order chi connectivity index (χ1) is 11.1. The first-order valence-electron chi connectivity index (χ1n) is 7.75. The Bertz CT molecular complexity index is 689. The molecule has 1 unspecified atom stereocenters. The van der Waals surface area contributed by atoms with Gasteiger partial charge in [-0.1, -0.05) is 12.1 Å². The lowest BCUT2D eigenvalue weighted by molar-refractivity contribution is -0.132. The van der Waals surface area contributed by atoms with Crippen molar-refractivity contribution in [3.63, 3.8) is 0 Å². The average molecular weight is 331 g/mol. The molecule has 2 heterocycles. The Morgan fingerprint density at radius 3 is 2.83 bits per heavy atom. The number of hydrogen-bond acceptors (Lipinski definition) is 4. The van der Waals surface area contributed by atoms with Crippen LogP contribution in [0.3, 0.4) is 0 Å². The highest BCUT2D eigenvalue weighted by Gasteiger charge is 2.40. The summed E-state index contributed by atoms with van der Waals surface area (Å²) in [6, 6.07) is 7.89. The predicted octanol–water partition coefficient (Wildman–Crippen LogP) is 1.28. The Hall–Kier alpha value is -2.02. The molecule has 1 saturated carbocycles. The first kappa shape index (κ1) is 14.6. The lowest BCUT2D eigenvalue weighted by Crippen LogP contribution is -2.37. The third kappa shape index (κ3) is 2.81. The number of carbonyl (C=O) groups excluding carboxylic acids is 3. The molecule has 1 aromatic carbocycles. The minimum absolute atomic E-state index is 0.0203. The minimum atomic E-state index is -0.442. The van der Waals surface area contributed by atoms with Gasteiger partial charge >= 0.3 is 0 Å². The van der Waals surface area contributed by atoms with Crippen LogP contribution in [0.25, 0.3) is 0 Å². The van der Waals surface area contributed by atoms with E-state index >= 15 is 0 Å². The van der Waals surface area contributed by atoms with Gasteiger partial charge in [0.1, 0.15) is 6.54 Å². The fraction of sp³-hybridized carbons (Fsp3) is 0.438. The molecular formula is C16H17N3O3S. The highest BCUT2D eigenvalue weighted by Crippen LogP contribution is 2.37. The summed E-state index contributed by atoms with van der Waals surface area (Å²) in [6.45, 7) is 0.517. The van der Waals surface area contributed by atoms with Crippen LogP contribution >= 0.6 is 11.8 Å². The maximum Gasteiger partial charge on any atom is 0.243 e. The first-order valence-corrected chi connectivity index (χ1v) is 8.63. The van der Waals surface area contributed by atoms with Gasteiger partial charge in [0, 0.05) is 17.4 Å². The number of amides is 3. The normalized spacial score (nSPS) is 23.7. The Balaban J connectivity index is 1.41. The standard InChI is InChI=1S/C16H17N3O3S/c20-14(18-8-15(21)19(9-18)10-5-6-10)7-13-16(22)17-11-3-1-2-4-12(11)23-13/h1-4,10,13H,5-9H2,(H,17,22). The maximum atomic E-state index is 12.5. The smallest absolute Gasteiger partial charge is 0.243 e. The largest absolute Gasteiger partial charge is 0.324 e. The van der Waals surface area contributed by atoms with Crippen molar-refractivity contribution < 1.29 is 14.4 Å². The number of thioether (sulfide) groups is 1. The highest BCUT2D eigenvalue weighted by molar-refractivity contribution is 8.01. The number of hydrogen-bond donors (Lipinski definition) is 1. The molecule has 2 fully saturated rings. The van der Waals surface area contributed by atoms with E-state index in [-0.39, 0.29) is 30.7 Å². The summed E-state index contributed by atoms with van der Waals surface area (Å²) in [5.74, 6) is -0.257. The van der Waals surface area contributed by atoms with Gasteiger partial charge in [0.2, 0.25) is 17.7 Å². The minimum Gasteiger partial charge on any atom is -0.324 e. The van der Waals surface area contributed by atoms with Gasteiger partial charge in [-0.2, -0.15) is 0 Å². The van der Waals surface area contributed by atoms with Gasteiger partial charge in [0.05, 0.1) is 17.6 Å². The third-order valence-corrected chi connectivity index (χ3v) is 5.65. The Morgan fingerprint density at radius 1 is 1.26 bits per heavy atom. The lowest BCUT2D eigenvalue weighted by Gasteiger charge is -2.25. The third-order valence-electron chi connectivity index (χ3n) is 4.38. The van der Waals surface area contributed by atoms with Crippen LogP contribution in [0, 0.1) is 0 Å². The summed E-state index contributed by atoms with van der Waals surface area (Å²) in [5, 5.41) is 2.40. The number of rotatable bonds is 3. The van der Waals surface area contributed by atoms with Crippen LogP contribution in [0.2, 0.25) is 0 Å². The number of nitrogens with zero attached hydrogens (tertiary/aromatic N) is 2. The summed E-state index contributed by atoms with van der Waals surface area (Å²) in [6.07, 6.45) is 2.19. The molecule has 1 aromatic rings. The summed E-state index contributed by atoms with van der Waals surface area (Å²) >= 11 is 1.41. The van der Waals surface area contributed by atoms with Crippen LogP contribution < -0.4 is 5.32 Å². The van der Waals surface area contributed by atoms with Crippen molar-refractivity contribution in [2.24, 2.45) is 0 Å². The number of fused-ring (bicyclic) bond motifs is 1. The molecule has 3 aliphatic rings. The quantitative estimate of drug-likeness (QED) is 0.906. The van der Waals surface area contributed by atoms with Gasteiger partial charge < -0.3 is 15.1 Å². The lowest BCUT2D eigenvalue weighted by atomic mass is 10.2. The van der Waals surface area contributed by atoms with Gasteiger partial charge in [-0.3, -0.25) is 14.4 Å². The zero-order chi connectivity index (χ0) is 16.0. The maximum absolute atomic E-state index is 12.5. The molecule has 4 rings (SSSR count). The average Bonchev–Trinajstić information content (AvgIpc) is 3.30. The number of benzene rings is 1. The second-order valence-electron chi connectivity index (χ2n) is 6.12. The summed E-state index contributed by atoms with van der Waals surface area (Å²) < 4.78 is 0. The molecule has 1 N–H and O–H groups in total. The highest BCUT2D eigenvalue weighted by atomic mass is 32.2. The molecule has 1 aliphatic carbocycles. The van der Waals surface area contributed by atoms with Gasteiger partial charge in [0.25, 0.3) is 0 Å². The van der Waals surface area contributed by atoms with Crippen molar-refractivity contribution in [1.82, 2.24) is 9.80 Å². The molecule has 0 spiro atoms. The van der Waals surface area contributed by atoms with E-state index in [0.29, 0.717) is 12.7 Å². The molecule has 120 valence electrons. The van der Waals surface area contributed by atoms with Crippen molar-refractivity contribution in [3.8, 4) is 0 Å². The van der Waals surface area contributed by atoms with E-state index in [4.69, 9.17) is 0 Å². The van der Waals surface area contributed by atoms with E-state index in [1.165, 1.54) is 11.8 Å². The molecule has 2 aliphatic heterocycles. The van der Waals surface area contributed by atoms with E-state index in [1.54, 1.807) is 9.80 Å². The van der Waals surface area contributed by atoms with Crippen molar-refractivity contribution in [2.45, 2.75) is 35.4 Å². The van der Waals surface area contributed by atoms with Crippen molar-refractivity contribution in [2.75, 3.05) is 18.5 Å². The summed E-state index contributed by atoms with van der Waals surface area (Å²) in [5.41, 5.74) is 0.794. The van der Waals surface area contributed by atoms with Crippen molar-refractivity contribution in [3.05, 3.63) is 24.3 Å². The molecule has 0 aromatic heterocycles. The summed E-state index contributed by atoms with van der Waals surface area (Å²) in [7, 11) is 0. The van der Waals surface area contributed by atoms with E-state index in [0.717, 1.165) is 23.4 Å². The van der Waals surface area contributed by atoms with Crippen LogP contribution in [0.4, 0.5) is 5.69 Å². The van der Waals surface area contributed by atoms with Crippen molar-refractivity contribution >= 4 is 35.2 Å². The monoisotopic (exact) mass is 331 g/mol. The van der Waals surface area contributed by atoms with E-state index < -0.39 is 5.25 Å². The zero-order valence-electron chi connectivity index (χ0n) is 12.5. The zero-order valence-corrected chi connectivity index (χ0v) is 13.3. The molecule has 7 heteroatoms. The molecule has 1 saturated heterocycles. The Kier molecular flexibility index (Phi) is 3.52. The van der Waals surface area contributed by atoms with Crippen LogP contribution in [0.5, 0.6) is 0 Å². The van der Waals surface area contributed by atoms with Gasteiger partial charge in [0.15, 0.2) is 0 Å². The molecular weight excluding hydrogens is 314 g/mol. The second kappa shape index (κ2) is 5.56. The number of anilines is 1. The van der Waals surface area contributed by atoms with Crippen LogP contribution in [0.1, 0.15) is 19.3 Å². The number of carbonyl (C=O) groups is 3. The number of para-hydroxylation sites is 1. The van der Waals surface area contributed by atoms with E-state index in [9.17, 15) is 14.4 Å². The van der Waals surface area contributed by atoms with Crippen LogP contribution in [0.15, 0.2) is 29.2 Å². The molecule has 3 amide bonds. The fourth-order valence-electron chi connectivity index (χ4n) is 2.95.